The number of hydrogen-bond donors (Lipinski definition) is 2. The molecule has 8 nitrogen and oxygen atoms in total. The second-order valence-corrected chi connectivity index (χ2v) is 10.9. The fourth-order valence-corrected chi connectivity index (χ4v) is 5.91. The standard InChI is InChI=1S/C32H35N5O3/c38-32-30(28-21-27(37(39)40)13-14-29(28)34-32)31(25-9-5-23(6-10-25)15-20-35-16-1-2-17-35)33-26-11-7-24(8-12-26)22-36-18-3-4-19-36/h5-14,21,34,38H,1-4,15-20,22H2. The van der Waals surface area contributed by atoms with Crippen LogP contribution in [0.3, 0.4) is 0 Å². The highest BCUT2D eigenvalue weighted by Crippen LogP contribution is 2.34. The molecule has 0 bridgehead atoms. The van der Waals surface area contributed by atoms with E-state index < -0.39 is 4.92 Å². The van der Waals surface area contributed by atoms with Gasteiger partial charge >= 0.3 is 0 Å². The highest BCUT2D eigenvalue weighted by molar-refractivity contribution is 6.22. The van der Waals surface area contributed by atoms with Crippen LogP contribution < -0.4 is 0 Å². The van der Waals surface area contributed by atoms with Crippen LogP contribution in [-0.4, -0.2) is 63.2 Å². The van der Waals surface area contributed by atoms with Crippen molar-refractivity contribution in [2.45, 2.75) is 38.6 Å². The van der Waals surface area contributed by atoms with E-state index in [1.54, 1.807) is 6.07 Å². The molecule has 206 valence electrons. The van der Waals surface area contributed by atoms with E-state index in [4.69, 9.17) is 4.99 Å². The zero-order valence-electron chi connectivity index (χ0n) is 22.7. The number of aromatic amines is 1. The lowest BCUT2D eigenvalue weighted by molar-refractivity contribution is -0.384. The Morgan fingerprint density at radius 2 is 1.52 bits per heavy atom. The fourth-order valence-electron chi connectivity index (χ4n) is 5.91. The van der Waals surface area contributed by atoms with Gasteiger partial charge in [-0.25, -0.2) is 4.99 Å². The molecule has 2 aliphatic rings. The minimum absolute atomic E-state index is 0.0318. The summed E-state index contributed by atoms with van der Waals surface area (Å²) in [7, 11) is 0. The van der Waals surface area contributed by atoms with Gasteiger partial charge in [0.1, 0.15) is 0 Å². The number of likely N-dealkylation sites (tertiary alicyclic amines) is 2. The fraction of sp³-hybridized carbons (Fsp3) is 0.344. The van der Waals surface area contributed by atoms with Gasteiger partial charge in [-0.15, -0.1) is 0 Å². The smallest absolute Gasteiger partial charge is 0.270 e. The van der Waals surface area contributed by atoms with Crippen LogP contribution in [-0.2, 0) is 13.0 Å². The third-order valence-corrected chi connectivity index (χ3v) is 8.13. The Labute approximate surface area is 234 Å². The van der Waals surface area contributed by atoms with Gasteiger partial charge in [-0.2, -0.15) is 0 Å². The highest BCUT2D eigenvalue weighted by Gasteiger charge is 2.21. The molecule has 1 aromatic heterocycles. The van der Waals surface area contributed by atoms with Crippen molar-refractivity contribution in [3.63, 3.8) is 0 Å². The molecular formula is C32H35N5O3. The van der Waals surface area contributed by atoms with Gasteiger partial charge in [-0.05, 0) is 87.6 Å². The number of rotatable bonds is 9. The first-order chi connectivity index (χ1) is 19.5. The van der Waals surface area contributed by atoms with Crippen LogP contribution in [0.1, 0.15) is 47.9 Å². The molecule has 3 aromatic carbocycles. The minimum atomic E-state index is -0.418. The Morgan fingerprint density at radius 3 is 2.20 bits per heavy atom. The molecule has 4 aromatic rings. The average molecular weight is 538 g/mol. The van der Waals surface area contributed by atoms with Crippen molar-refractivity contribution >= 4 is 28.0 Å². The van der Waals surface area contributed by atoms with E-state index in [1.165, 1.54) is 62.0 Å². The van der Waals surface area contributed by atoms with Gasteiger partial charge in [-0.1, -0.05) is 36.4 Å². The molecule has 0 amide bonds. The van der Waals surface area contributed by atoms with E-state index in [1.807, 2.05) is 24.3 Å². The number of aliphatic imine (C=N–C) groups is 1. The summed E-state index contributed by atoms with van der Waals surface area (Å²) in [6, 6.07) is 21.1. The largest absolute Gasteiger partial charge is 0.494 e. The summed E-state index contributed by atoms with van der Waals surface area (Å²) in [6.45, 7) is 6.63. The highest BCUT2D eigenvalue weighted by atomic mass is 16.6. The van der Waals surface area contributed by atoms with Crippen LogP contribution >= 0.6 is 0 Å². The molecule has 8 heteroatoms. The van der Waals surface area contributed by atoms with Crippen LogP contribution in [0.25, 0.3) is 10.9 Å². The Balaban J connectivity index is 1.36. The van der Waals surface area contributed by atoms with Gasteiger partial charge < -0.3 is 15.0 Å². The number of nitrogens with zero attached hydrogens (tertiary/aromatic N) is 4. The number of aromatic hydroxyl groups is 1. The number of nitro groups is 1. The van der Waals surface area contributed by atoms with Gasteiger partial charge in [0, 0.05) is 41.7 Å². The van der Waals surface area contributed by atoms with Gasteiger partial charge in [0.05, 0.1) is 21.9 Å². The topological polar surface area (TPSA) is 98.0 Å². The Kier molecular flexibility index (Phi) is 7.62. The molecule has 2 saturated heterocycles. The Morgan fingerprint density at radius 1 is 0.875 bits per heavy atom. The van der Waals surface area contributed by atoms with Crippen molar-refractivity contribution < 1.29 is 10.0 Å². The predicted octanol–water partition coefficient (Wildman–Crippen LogP) is 6.18. The van der Waals surface area contributed by atoms with E-state index >= 15 is 0 Å². The number of non-ortho nitro benzene ring substituents is 1. The van der Waals surface area contributed by atoms with Crippen molar-refractivity contribution in [2.24, 2.45) is 4.99 Å². The quantitative estimate of drug-likeness (QED) is 0.151. The summed E-state index contributed by atoms with van der Waals surface area (Å²) in [5, 5.41) is 23.1. The Hall–Kier alpha value is -4.01. The minimum Gasteiger partial charge on any atom is -0.494 e. The summed E-state index contributed by atoms with van der Waals surface area (Å²) >= 11 is 0. The summed E-state index contributed by atoms with van der Waals surface area (Å²) in [5.74, 6) is -0.0574. The lowest BCUT2D eigenvalue weighted by Gasteiger charge is -2.15. The molecule has 6 rings (SSSR count). The molecule has 2 aliphatic heterocycles. The van der Waals surface area contributed by atoms with Crippen LogP contribution in [0.4, 0.5) is 11.4 Å². The van der Waals surface area contributed by atoms with Crippen LogP contribution in [0.5, 0.6) is 5.88 Å². The molecule has 0 unspecified atom stereocenters. The summed E-state index contributed by atoms with van der Waals surface area (Å²) < 4.78 is 0. The number of H-pyrrole nitrogens is 1. The average Bonchev–Trinajstić information content (AvgIpc) is 3.73. The molecule has 0 spiro atoms. The first-order valence-electron chi connectivity index (χ1n) is 14.2. The van der Waals surface area contributed by atoms with Crippen molar-refractivity contribution in [1.29, 1.82) is 0 Å². The normalized spacial score (nSPS) is 16.8. The van der Waals surface area contributed by atoms with E-state index in [0.717, 1.165) is 43.9 Å². The molecule has 0 atom stereocenters. The number of fused-ring (bicyclic) bond motifs is 1. The van der Waals surface area contributed by atoms with E-state index in [0.29, 0.717) is 22.2 Å². The van der Waals surface area contributed by atoms with Crippen molar-refractivity contribution in [2.75, 3.05) is 32.7 Å². The number of nitro benzene ring substituents is 1. The number of hydrogen-bond acceptors (Lipinski definition) is 6. The molecular weight excluding hydrogens is 502 g/mol. The third-order valence-electron chi connectivity index (χ3n) is 8.13. The first kappa shape index (κ1) is 26.2. The number of nitrogens with one attached hydrogen (secondary N) is 1. The first-order valence-corrected chi connectivity index (χ1v) is 14.2. The van der Waals surface area contributed by atoms with Crippen molar-refractivity contribution in [3.8, 4) is 5.88 Å². The van der Waals surface area contributed by atoms with Gasteiger partial charge in [0.25, 0.3) is 5.69 Å². The lowest BCUT2D eigenvalue weighted by Crippen LogP contribution is -2.21. The zero-order chi connectivity index (χ0) is 27.5. The van der Waals surface area contributed by atoms with Crippen molar-refractivity contribution in [1.82, 2.24) is 14.8 Å². The summed E-state index contributed by atoms with van der Waals surface area (Å²) in [6.07, 6.45) is 6.06. The molecule has 2 N–H and O–H groups in total. The molecule has 0 saturated carbocycles. The maximum Gasteiger partial charge on any atom is 0.270 e. The predicted molar refractivity (Wildman–Crippen MR) is 159 cm³/mol. The Bertz CT molecular complexity index is 1510. The molecule has 40 heavy (non-hydrogen) atoms. The number of benzene rings is 3. The number of aromatic nitrogens is 1. The van der Waals surface area contributed by atoms with Gasteiger partial charge in [-0.3, -0.25) is 15.0 Å². The van der Waals surface area contributed by atoms with E-state index in [9.17, 15) is 15.2 Å². The zero-order valence-corrected chi connectivity index (χ0v) is 22.7. The maximum absolute atomic E-state index is 11.5. The summed E-state index contributed by atoms with van der Waals surface area (Å²) in [5.41, 5.74) is 5.72. The van der Waals surface area contributed by atoms with E-state index in [-0.39, 0.29) is 11.6 Å². The molecule has 0 aliphatic carbocycles. The monoisotopic (exact) mass is 537 g/mol. The maximum atomic E-state index is 11.5. The lowest BCUT2D eigenvalue weighted by atomic mass is 9.98. The second kappa shape index (κ2) is 11.6. The van der Waals surface area contributed by atoms with Crippen LogP contribution in [0.2, 0.25) is 0 Å². The van der Waals surface area contributed by atoms with Crippen LogP contribution in [0.15, 0.2) is 71.7 Å². The second-order valence-electron chi connectivity index (χ2n) is 10.9. The molecule has 2 fully saturated rings. The van der Waals surface area contributed by atoms with E-state index in [2.05, 4.69) is 39.0 Å². The van der Waals surface area contributed by atoms with Crippen molar-refractivity contribution in [3.05, 3.63) is 99.1 Å². The van der Waals surface area contributed by atoms with Gasteiger partial charge in [0.2, 0.25) is 0 Å². The summed E-state index contributed by atoms with van der Waals surface area (Å²) in [4.78, 5) is 24.1. The molecule has 0 radical (unpaired) electrons. The van der Waals surface area contributed by atoms with Gasteiger partial charge in [0.15, 0.2) is 5.88 Å². The molecule has 3 heterocycles. The van der Waals surface area contributed by atoms with Crippen LogP contribution in [0, 0.1) is 10.1 Å². The third kappa shape index (κ3) is 5.78. The SMILES string of the molecule is O=[N+]([O-])c1ccc2[nH]c(O)c(C(=Nc3ccc(CN4CCCC4)cc3)c3ccc(CCN4CCCC4)cc3)c2c1.